The van der Waals surface area contributed by atoms with Gasteiger partial charge in [0.15, 0.2) is 0 Å². The summed E-state index contributed by atoms with van der Waals surface area (Å²) >= 11 is 0. The molecule has 2 amide bonds. The minimum atomic E-state index is -0.434. The number of carbonyl (C=O) groups excluding carboxylic acids is 3. The Labute approximate surface area is 169 Å². The second-order valence-electron chi connectivity index (χ2n) is 6.66. The van der Waals surface area contributed by atoms with E-state index in [9.17, 15) is 14.4 Å². The second-order valence-corrected chi connectivity index (χ2v) is 6.66. The van der Waals surface area contributed by atoms with Gasteiger partial charge in [-0.3, -0.25) is 14.4 Å². The van der Waals surface area contributed by atoms with Gasteiger partial charge in [0.1, 0.15) is 11.5 Å². The molecule has 0 aromatic heterocycles. The number of nitrogens with zero attached hydrogens (tertiary/aromatic N) is 2. The summed E-state index contributed by atoms with van der Waals surface area (Å²) in [5.74, 6) is 0.434. The van der Waals surface area contributed by atoms with Gasteiger partial charge in [0.25, 0.3) is 11.8 Å². The summed E-state index contributed by atoms with van der Waals surface area (Å²) in [6.45, 7) is 5.61. The molecule has 3 rings (SSSR count). The molecule has 0 saturated carbocycles. The van der Waals surface area contributed by atoms with E-state index in [0.29, 0.717) is 49.7 Å². The van der Waals surface area contributed by atoms with Crippen molar-refractivity contribution >= 4 is 17.8 Å². The van der Waals surface area contributed by atoms with Gasteiger partial charge in [-0.1, -0.05) is 6.07 Å². The lowest BCUT2D eigenvalue weighted by molar-refractivity contribution is -0.131. The molecule has 7 nitrogen and oxygen atoms in total. The molecule has 2 aromatic carbocycles. The monoisotopic (exact) mass is 396 g/mol. The lowest BCUT2D eigenvalue weighted by Crippen LogP contribution is -2.50. The Morgan fingerprint density at radius 2 is 1.41 bits per heavy atom. The van der Waals surface area contributed by atoms with Crippen molar-refractivity contribution < 1.29 is 23.9 Å². The van der Waals surface area contributed by atoms with Crippen molar-refractivity contribution in [2.75, 3.05) is 32.8 Å². The molecule has 0 spiro atoms. The Bertz CT molecular complexity index is 886. The number of carbonyl (C=O) groups is 3. The highest BCUT2D eigenvalue weighted by molar-refractivity contribution is 5.96. The van der Waals surface area contributed by atoms with Gasteiger partial charge in [-0.15, -0.1) is 0 Å². The summed E-state index contributed by atoms with van der Waals surface area (Å²) in [6, 6.07) is 13.6. The molecule has 0 aliphatic carbocycles. The topological polar surface area (TPSA) is 76.2 Å². The van der Waals surface area contributed by atoms with Crippen LogP contribution < -0.4 is 9.47 Å². The third kappa shape index (κ3) is 5.13. The number of benzene rings is 2. The number of amides is 2. The van der Waals surface area contributed by atoms with Crippen LogP contribution in [0.25, 0.3) is 0 Å². The van der Waals surface area contributed by atoms with Crippen LogP contribution in [0.2, 0.25) is 0 Å². The fourth-order valence-electron chi connectivity index (χ4n) is 3.20. The van der Waals surface area contributed by atoms with Crippen molar-refractivity contribution in [1.82, 2.24) is 9.80 Å². The largest absolute Gasteiger partial charge is 0.494 e. The second kappa shape index (κ2) is 9.23. The van der Waals surface area contributed by atoms with E-state index in [4.69, 9.17) is 9.47 Å². The van der Waals surface area contributed by atoms with E-state index in [1.54, 1.807) is 58.3 Å². The van der Waals surface area contributed by atoms with Crippen LogP contribution in [0.5, 0.6) is 11.5 Å². The lowest BCUT2D eigenvalue weighted by Gasteiger charge is -2.35. The first-order chi connectivity index (χ1) is 14.0. The fourth-order valence-corrected chi connectivity index (χ4v) is 3.20. The summed E-state index contributed by atoms with van der Waals surface area (Å²) in [7, 11) is 0. The van der Waals surface area contributed by atoms with Crippen molar-refractivity contribution in [3.63, 3.8) is 0 Å². The van der Waals surface area contributed by atoms with Crippen molar-refractivity contribution in [3.05, 3.63) is 59.7 Å². The standard InChI is InChI=1S/C22H24N2O5/c1-3-28-19-9-7-17(8-10-19)21(26)23-11-13-24(14-12-23)22(27)18-5-4-6-20(15-18)29-16(2)25/h4-10,15H,3,11-14H2,1-2H3. The Balaban J connectivity index is 1.59. The number of hydrogen-bond donors (Lipinski definition) is 0. The van der Waals surface area contributed by atoms with Crippen LogP contribution in [-0.2, 0) is 4.79 Å². The molecule has 0 bridgehead atoms. The maximum Gasteiger partial charge on any atom is 0.308 e. The van der Waals surface area contributed by atoms with Gasteiger partial charge in [0, 0.05) is 44.2 Å². The number of ether oxygens (including phenoxy) is 2. The lowest BCUT2D eigenvalue weighted by atomic mass is 10.1. The van der Waals surface area contributed by atoms with Gasteiger partial charge in [-0.05, 0) is 49.4 Å². The van der Waals surface area contributed by atoms with Crippen LogP contribution in [0.4, 0.5) is 0 Å². The van der Waals surface area contributed by atoms with E-state index < -0.39 is 5.97 Å². The fraction of sp³-hybridized carbons (Fsp3) is 0.318. The molecular weight excluding hydrogens is 372 g/mol. The van der Waals surface area contributed by atoms with E-state index in [-0.39, 0.29) is 11.8 Å². The molecule has 1 aliphatic heterocycles. The van der Waals surface area contributed by atoms with E-state index >= 15 is 0 Å². The third-order valence-electron chi connectivity index (χ3n) is 4.61. The molecule has 29 heavy (non-hydrogen) atoms. The van der Waals surface area contributed by atoms with Crippen LogP contribution in [0.1, 0.15) is 34.6 Å². The quantitative estimate of drug-likeness (QED) is 0.574. The van der Waals surface area contributed by atoms with E-state index in [2.05, 4.69) is 0 Å². The average molecular weight is 396 g/mol. The normalized spacial score (nSPS) is 13.7. The number of piperazine rings is 1. The summed E-state index contributed by atoms with van der Waals surface area (Å²) in [5, 5.41) is 0. The van der Waals surface area contributed by atoms with Crippen LogP contribution in [0, 0.1) is 0 Å². The molecule has 0 unspecified atom stereocenters. The average Bonchev–Trinajstić information content (AvgIpc) is 2.73. The summed E-state index contributed by atoms with van der Waals surface area (Å²) in [4.78, 5) is 40.0. The Morgan fingerprint density at radius 3 is 1.97 bits per heavy atom. The number of hydrogen-bond acceptors (Lipinski definition) is 5. The zero-order chi connectivity index (χ0) is 20.8. The Hall–Kier alpha value is -3.35. The smallest absolute Gasteiger partial charge is 0.308 e. The van der Waals surface area contributed by atoms with Crippen LogP contribution in [0.3, 0.4) is 0 Å². The van der Waals surface area contributed by atoms with Gasteiger partial charge in [-0.25, -0.2) is 0 Å². The molecule has 2 aromatic rings. The molecule has 0 atom stereocenters. The van der Waals surface area contributed by atoms with Crippen LogP contribution >= 0.6 is 0 Å². The first-order valence-corrected chi connectivity index (χ1v) is 9.58. The number of esters is 1. The molecule has 7 heteroatoms. The van der Waals surface area contributed by atoms with Gasteiger partial charge in [0.2, 0.25) is 0 Å². The van der Waals surface area contributed by atoms with E-state index in [1.165, 1.54) is 6.92 Å². The molecule has 1 heterocycles. The first-order valence-electron chi connectivity index (χ1n) is 9.58. The highest BCUT2D eigenvalue weighted by Crippen LogP contribution is 2.18. The summed E-state index contributed by atoms with van der Waals surface area (Å²) in [6.07, 6.45) is 0. The maximum absolute atomic E-state index is 12.8. The summed E-state index contributed by atoms with van der Waals surface area (Å²) in [5.41, 5.74) is 1.05. The Morgan fingerprint density at radius 1 is 0.828 bits per heavy atom. The van der Waals surface area contributed by atoms with Crippen molar-refractivity contribution in [1.29, 1.82) is 0 Å². The summed E-state index contributed by atoms with van der Waals surface area (Å²) < 4.78 is 10.4. The van der Waals surface area contributed by atoms with E-state index in [0.717, 1.165) is 5.75 Å². The minimum absolute atomic E-state index is 0.0583. The van der Waals surface area contributed by atoms with Crippen LogP contribution in [-0.4, -0.2) is 60.4 Å². The maximum atomic E-state index is 12.8. The molecular formula is C22H24N2O5. The predicted octanol–water partition coefficient (Wildman–Crippen LogP) is 2.61. The zero-order valence-corrected chi connectivity index (χ0v) is 16.6. The van der Waals surface area contributed by atoms with Crippen molar-refractivity contribution in [3.8, 4) is 11.5 Å². The molecule has 0 radical (unpaired) electrons. The Kier molecular flexibility index (Phi) is 6.49. The SMILES string of the molecule is CCOc1ccc(C(=O)N2CCN(C(=O)c3cccc(OC(C)=O)c3)CC2)cc1. The molecule has 152 valence electrons. The molecule has 1 saturated heterocycles. The van der Waals surface area contributed by atoms with Gasteiger partial charge in [-0.2, -0.15) is 0 Å². The minimum Gasteiger partial charge on any atom is -0.494 e. The number of rotatable bonds is 5. The first kappa shape index (κ1) is 20.4. The van der Waals surface area contributed by atoms with E-state index in [1.807, 2.05) is 6.92 Å². The molecule has 0 N–H and O–H groups in total. The molecule has 1 aliphatic rings. The molecule has 1 fully saturated rings. The highest BCUT2D eigenvalue weighted by Gasteiger charge is 2.25. The predicted molar refractivity (Wildman–Crippen MR) is 107 cm³/mol. The van der Waals surface area contributed by atoms with Gasteiger partial charge >= 0.3 is 5.97 Å². The van der Waals surface area contributed by atoms with Crippen molar-refractivity contribution in [2.45, 2.75) is 13.8 Å². The third-order valence-corrected chi connectivity index (χ3v) is 4.61. The zero-order valence-electron chi connectivity index (χ0n) is 16.6. The van der Waals surface area contributed by atoms with Crippen molar-refractivity contribution in [2.24, 2.45) is 0 Å². The highest BCUT2D eigenvalue weighted by atomic mass is 16.5. The van der Waals surface area contributed by atoms with Gasteiger partial charge < -0.3 is 19.3 Å². The van der Waals surface area contributed by atoms with Crippen LogP contribution in [0.15, 0.2) is 48.5 Å². The van der Waals surface area contributed by atoms with Gasteiger partial charge in [0.05, 0.1) is 6.61 Å².